The van der Waals surface area contributed by atoms with Gasteiger partial charge in [-0.3, -0.25) is 0 Å². The van der Waals surface area contributed by atoms with Crippen LogP contribution in [0.4, 0.5) is 0 Å². The van der Waals surface area contributed by atoms with Crippen molar-refractivity contribution in [2.75, 3.05) is 0 Å². The summed E-state index contributed by atoms with van der Waals surface area (Å²) in [6, 6.07) is 1.09. The lowest BCUT2D eigenvalue weighted by Crippen LogP contribution is -2.43. The highest BCUT2D eigenvalue weighted by molar-refractivity contribution is 5.54. The van der Waals surface area contributed by atoms with E-state index in [1.165, 1.54) is 75.5 Å². The van der Waals surface area contributed by atoms with Gasteiger partial charge < -0.3 is 10.2 Å². The third-order valence-electron chi connectivity index (χ3n) is 10.3. The smallest absolute Gasteiger partial charge is 0.0548 e. The maximum absolute atomic E-state index is 3.76. The highest BCUT2D eigenvalue weighted by Gasteiger charge is 2.45. The summed E-state index contributed by atoms with van der Waals surface area (Å²) in [7, 11) is 0. The molecule has 0 aromatic carbocycles. The van der Waals surface area contributed by atoms with Gasteiger partial charge in [0.1, 0.15) is 0 Å². The van der Waals surface area contributed by atoms with Crippen molar-refractivity contribution in [3.05, 3.63) is 106 Å². The summed E-state index contributed by atoms with van der Waals surface area (Å²) in [4.78, 5) is 2.89. The minimum absolute atomic E-state index is 0.447. The summed E-state index contributed by atoms with van der Waals surface area (Å²) >= 11 is 0. The molecule has 0 fully saturated rings. The van der Waals surface area contributed by atoms with Crippen LogP contribution in [-0.2, 0) is 0 Å². The highest BCUT2D eigenvalue weighted by Crippen LogP contribution is 2.53. The Labute approximate surface area is 216 Å². The Bertz CT molecular complexity index is 1260. The molecular weight excluding hydrogens is 436 g/mol. The molecule has 184 valence electrons. The van der Waals surface area contributed by atoms with Crippen molar-refractivity contribution in [2.45, 2.75) is 76.3 Å². The summed E-state index contributed by atoms with van der Waals surface area (Å²) in [6.45, 7) is 0. The van der Waals surface area contributed by atoms with Gasteiger partial charge in [-0.25, -0.2) is 0 Å². The standard InChI is InChI=1S/C34H38N2/c1-2-10-25-22(8-1)9-7-15-32(25)36-33-14-6-4-12-27(33)29-21-24(17-19-34(29)36)23-16-18-31-28(20-23)26-11-3-5-13-30(26)35-31/h1,5,7-9,13,16-20,22,25,28-29,31-32,35H,2-4,6,10-12,14-15,21H2. The van der Waals surface area contributed by atoms with Gasteiger partial charge >= 0.3 is 0 Å². The van der Waals surface area contributed by atoms with Gasteiger partial charge in [0.2, 0.25) is 0 Å². The first-order valence-electron chi connectivity index (χ1n) is 14.7. The summed E-state index contributed by atoms with van der Waals surface area (Å²) in [5.74, 6) is 2.54. The van der Waals surface area contributed by atoms with Crippen LogP contribution in [0.3, 0.4) is 0 Å². The molecule has 8 rings (SSSR count). The SMILES string of the molecule is C1=CC2=C(CC1)C1C=C(C3=CC=C4C(C3)C3=C(CCCC3)N4C3CC=CC4C=CCCC43)C=CC1N2. The molecule has 6 unspecified atom stereocenters. The fourth-order valence-corrected chi connectivity index (χ4v) is 8.65. The van der Waals surface area contributed by atoms with E-state index in [1.54, 1.807) is 28.1 Å². The van der Waals surface area contributed by atoms with Crippen molar-refractivity contribution in [1.29, 1.82) is 0 Å². The van der Waals surface area contributed by atoms with Gasteiger partial charge in [0.25, 0.3) is 0 Å². The summed E-state index contributed by atoms with van der Waals surface area (Å²) in [5.41, 5.74) is 11.2. The quantitative estimate of drug-likeness (QED) is 0.415. The van der Waals surface area contributed by atoms with Crippen molar-refractivity contribution in [3.63, 3.8) is 0 Å². The van der Waals surface area contributed by atoms with E-state index in [2.05, 4.69) is 77.1 Å². The zero-order valence-electron chi connectivity index (χ0n) is 21.3. The van der Waals surface area contributed by atoms with Crippen molar-refractivity contribution >= 4 is 0 Å². The number of fused-ring (bicyclic) bond motifs is 5. The molecule has 0 radical (unpaired) electrons. The van der Waals surface area contributed by atoms with Crippen LogP contribution < -0.4 is 5.32 Å². The van der Waals surface area contributed by atoms with Crippen molar-refractivity contribution < 1.29 is 0 Å². The zero-order chi connectivity index (χ0) is 23.6. The van der Waals surface area contributed by atoms with Crippen LogP contribution in [0.15, 0.2) is 106 Å². The monoisotopic (exact) mass is 474 g/mol. The Kier molecular flexibility index (Phi) is 4.98. The second kappa shape index (κ2) is 8.40. The average molecular weight is 475 g/mol. The molecule has 2 nitrogen and oxygen atoms in total. The van der Waals surface area contributed by atoms with Gasteiger partial charge in [-0.15, -0.1) is 0 Å². The van der Waals surface area contributed by atoms with Gasteiger partial charge in [-0.1, -0.05) is 54.7 Å². The second-order valence-corrected chi connectivity index (χ2v) is 12.1. The van der Waals surface area contributed by atoms with Crippen LogP contribution in [-0.4, -0.2) is 17.0 Å². The van der Waals surface area contributed by atoms with Crippen LogP contribution in [0.5, 0.6) is 0 Å². The Balaban J connectivity index is 1.14. The minimum Gasteiger partial charge on any atom is -0.378 e. The number of nitrogens with one attached hydrogen (secondary N) is 1. The molecule has 1 N–H and O–H groups in total. The molecule has 0 amide bonds. The van der Waals surface area contributed by atoms with Crippen LogP contribution in [0.25, 0.3) is 0 Å². The molecule has 2 heterocycles. The Morgan fingerprint density at radius 3 is 2.81 bits per heavy atom. The number of hydrogen-bond donors (Lipinski definition) is 1. The number of nitrogens with zero attached hydrogens (tertiary/aromatic N) is 1. The van der Waals surface area contributed by atoms with E-state index < -0.39 is 0 Å². The second-order valence-electron chi connectivity index (χ2n) is 12.1. The van der Waals surface area contributed by atoms with Gasteiger partial charge in [0.15, 0.2) is 0 Å². The lowest BCUT2D eigenvalue weighted by molar-refractivity contribution is 0.176. The van der Waals surface area contributed by atoms with Crippen LogP contribution in [0.2, 0.25) is 0 Å². The zero-order valence-corrected chi connectivity index (χ0v) is 21.3. The lowest BCUT2D eigenvalue weighted by Gasteiger charge is -2.44. The molecule has 2 aliphatic heterocycles. The number of hydrogen-bond acceptors (Lipinski definition) is 2. The van der Waals surface area contributed by atoms with E-state index in [0.29, 0.717) is 29.8 Å². The molecule has 0 aromatic heterocycles. The van der Waals surface area contributed by atoms with Crippen molar-refractivity contribution in [1.82, 2.24) is 10.2 Å². The normalized spacial score (nSPS) is 38.0. The molecule has 0 bridgehead atoms. The molecule has 8 aliphatic rings. The molecular formula is C34H38N2. The molecule has 36 heavy (non-hydrogen) atoms. The van der Waals surface area contributed by atoms with E-state index in [9.17, 15) is 0 Å². The van der Waals surface area contributed by atoms with Crippen LogP contribution in [0.1, 0.15) is 64.2 Å². The molecule has 2 heteroatoms. The predicted octanol–water partition coefficient (Wildman–Crippen LogP) is 7.56. The van der Waals surface area contributed by atoms with Gasteiger partial charge in [-0.2, -0.15) is 0 Å². The maximum atomic E-state index is 3.76. The highest BCUT2D eigenvalue weighted by atomic mass is 15.2. The molecule has 0 saturated carbocycles. The minimum atomic E-state index is 0.447. The van der Waals surface area contributed by atoms with E-state index in [0.717, 1.165) is 5.92 Å². The molecule has 0 spiro atoms. The topological polar surface area (TPSA) is 15.3 Å². The number of allylic oxidation sites excluding steroid dienone is 12. The molecule has 6 aliphatic carbocycles. The van der Waals surface area contributed by atoms with Crippen molar-refractivity contribution in [2.24, 2.45) is 23.7 Å². The fourth-order valence-electron chi connectivity index (χ4n) is 8.65. The Morgan fingerprint density at radius 1 is 0.861 bits per heavy atom. The third kappa shape index (κ3) is 3.22. The lowest BCUT2D eigenvalue weighted by atomic mass is 9.73. The first kappa shape index (κ1) is 21.4. The van der Waals surface area contributed by atoms with Crippen LogP contribution in [0, 0.1) is 23.7 Å². The van der Waals surface area contributed by atoms with E-state index in [-0.39, 0.29) is 0 Å². The van der Waals surface area contributed by atoms with Gasteiger partial charge in [0, 0.05) is 35.0 Å². The van der Waals surface area contributed by atoms with Crippen molar-refractivity contribution in [3.8, 4) is 0 Å². The number of rotatable bonds is 2. The van der Waals surface area contributed by atoms with Gasteiger partial charge in [0.05, 0.1) is 6.04 Å². The van der Waals surface area contributed by atoms with E-state index in [1.807, 2.05) is 0 Å². The molecule has 0 aromatic rings. The Morgan fingerprint density at radius 2 is 1.81 bits per heavy atom. The fraction of sp³-hybridized carbons (Fsp3) is 0.471. The van der Waals surface area contributed by atoms with E-state index in [4.69, 9.17) is 0 Å². The van der Waals surface area contributed by atoms with Crippen LogP contribution >= 0.6 is 0 Å². The summed E-state index contributed by atoms with van der Waals surface area (Å²) < 4.78 is 0. The Hall–Kier alpha value is -2.74. The molecule has 6 atom stereocenters. The summed E-state index contributed by atoms with van der Waals surface area (Å²) in [6.07, 6.45) is 39.7. The first-order valence-corrected chi connectivity index (χ1v) is 14.7. The third-order valence-corrected chi connectivity index (χ3v) is 10.3. The van der Waals surface area contributed by atoms with E-state index >= 15 is 0 Å². The largest absolute Gasteiger partial charge is 0.378 e. The van der Waals surface area contributed by atoms with Gasteiger partial charge in [-0.05, 0) is 110 Å². The summed E-state index contributed by atoms with van der Waals surface area (Å²) in [5, 5.41) is 3.76. The molecule has 0 saturated heterocycles. The predicted molar refractivity (Wildman–Crippen MR) is 148 cm³/mol. The first-order chi connectivity index (χ1) is 17.8. The average Bonchev–Trinajstić information content (AvgIpc) is 3.47. The maximum Gasteiger partial charge on any atom is 0.0548 e.